The van der Waals surface area contributed by atoms with Crippen LogP contribution in [0.3, 0.4) is 0 Å². The number of nitrogens with zero attached hydrogens (tertiary/aromatic N) is 2. The molecule has 1 aromatic rings. The Hall–Kier alpha value is -0.350. The normalized spacial score (nSPS) is 10.7. The highest BCUT2D eigenvalue weighted by molar-refractivity contribution is 9.10. The SMILES string of the molecule is CCCCc1nn(CC)c(C(=O)Cl)c1Br. The van der Waals surface area contributed by atoms with Crippen LogP contribution in [0, 0.1) is 0 Å². The van der Waals surface area contributed by atoms with E-state index in [1.54, 1.807) is 4.68 Å². The van der Waals surface area contributed by atoms with Gasteiger partial charge in [-0.2, -0.15) is 5.10 Å². The van der Waals surface area contributed by atoms with Crippen LogP contribution in [0.5, 0.6) is 0 Å². The van der Waals surface area contributed by atoms with E-state index in [9.17, 15) is 4.79 Å². The van der Waals surface area contributed by atoms with E-state index >= 15 is 0 Å². The van der Waals surface area contributed by atoms with Crippen LogP contribution >= 0.6 is 27.5 Å². The molecule has 0 aromatic carbocycles. The van der Waals surface area contributed by atoms with Crippen molar-refractivity contribution in [2.24, 2.45) is 0 Å². The van der Waals surface area contributed by atoms with Gasteiger partial charge < -0.3 is 0 Å². The fraction of sp³-hybridized carbons (Fsp3) is 0.600. The average Bonchev–Trinajstić information content (AvgIpc) is 2.52. The first-order chi connectivity index (χ1) is 7.11. The van der Waals surface area contributed by atoms with E-state index in [0.29, 0.717) is 12.2 Å². The molecular formula is C10H14BrClN2O. The van der Waals surface area contributed by atoms with Gasteiger partial charge in [0, 0.05) is 6.54 Å². The van der Waals surface area contributed by atoms with Crippen molar-refractivity contribution in [1.29, 1.82) is 0 Å². The minimum atomic E-state index is -0.459. The molecule has 1 heterocycles. The molecule has 0 aliphatic heterocycles. The van der Waals surface area contributed by atoms with Crippen LogP contribution in [0.4, 0.5) is 0 Å². The Kier molecular flexibility index (Phi) is 4.80. The van der Waals surface area contributed by atoms with E-state index in [0.717, 1.165) is 29.4 Å². The molecule has 1 aromatic heterocycles. The summed E-state index contributed by atoms with van der Waals surface area (Å²) in [7, 11) is 0. The maximum atomic E-state index is 11.2. The molecule has 0 saturated heterocycles. The first-order valence-electron chi connectivity index (χ1n) is 5.06. The highest BCUT2D eigenvalue weighted by atomic mass is 79.9. The van der Waals surface area contributed by atoms with E-state index in [-0.39, 0.29) is 0 Å². The molecule has 0 aliphatic carbocycles. The van der Waals surface area contributed by atoms with Gasteiger partial charge in [0.05, 0.1) is 10.2 Å². The Morgan fingerprint density at radius 2 is 2.20 bits per heavy atom. The minimum absolute atomic E-state index is 0.459. The Labute approximate surface area is 103 Å². The smallest absolute Gasteiger partial charge is 0.271 e. The summed E-state index contributed by atoms with van der Waals surface area (Å²) in [6.07, 6.45) is 3.05. The van der Waals surface area contributed by atoms with Gasteiger partial charge >= 0.3 is 0 Å². The number of carbonyl (C=O) groups excluding carboxylic acids is 1. The zero-order valence-corrected chi connectivity index (χ0v) is 11.2. The van der Waals surface area contributed by atoms with Crippen LogP contribution < -0.4 is 0 Å². The van der Waals surface area contributed by atoms with E-state index in [4.69, 9.17) is 11.6 Å². The van der Waals surface area contributed by atoms with Crippen molar-refractivity contribution in [1.82, 2.24) is 9.78 Å². The monoisotopic (exact) mass is 292 g/mol. The van der Waals surface area contributed by atoms with Crippen LogP contribution in [-0.2, 0) is 13.0 Å². The van der Waals surface area contributed by atoms with Crippen molar-refractivity contribution < 1.29 is 4.79 Å². The number of hydrogen-bond donors (Lipinski definition) is 0. The number of hydrogen-bond acceptors (Lipinski definition) is 2. The molecule has 0 unspecified atom stereocenters. The summed E-state index contributed by atoms with van der Waals surface area (Å²) in [5.41, 5.74) is 1.38. The van der Waals surface area contributed by atoms with Gasteiger partial charge in [0.25, 0.3) is 5.24 Å². The molecule has 3 nitrogen and oxygen atoms in total. The number of carbonyl (C=O) groups is 1. The number of halogens is 2. The summed E-state index contributed by atoms with van der Waals surface area (Å²) < 4.78 is 2.39. The van der Waals surface area contributed by atoms with Crippen molar-refractivity contribution in [3.63, 3.8) is 0 Å². The number of unbranched alkanes of at least 4 members (excludes halogenated alkanes) is 1. The molecule has 0 atom stereocenters. The highest BCUT2D eigenvalue weighted by Crippen LogP contribution is 2.24. The van der Waals surface area contributed by atoms with Gasteiger partial charge in [0.15, 0.2) is 0 Å². The van der Waals surface area contributed by atoms with Gasteiger partial charge in [-0.15, -0.1) is 0 Å². The molecule has 84 valence electrons. The number of aromatic nitrogens is 2. The van der Waals surface area contributed by atoms with Gasteiger partial charge in [-0.05, 0) is 47.3 Å². The minimum Gasteiger partial charge on any atom is -0.274 e. The van der Waals surface area contributed by atoms with Crippen molar-refractivity contribution in [2.75, 3.05) is 0 Å². The first kappa shape index (κ1) is 12.7. The largest absolute Gasteiger partial charge is 0.274 e. The van der Waals surface area contributed by atoms with Crippen molar-refractivity contribution in [3.05, 3.63) is 15.9 Å². The maximum absolute atomic E-state index is 11.2. The Morgan fingerprint density at radius 3 is 2.60 bits per heavy atom. The molecule has 0 saturated carbocycles. The second-order valence-corrected chi connectivity index (χ2v) is 4.44. The summed E-state index contributed by atoms with van der Waals surface area (Å²) in [6.45, 7) is 4.71. The molecule has 0 amide bonds. The average molecular weight is 294 g/mol. The Bertz CT molecular complexity index is 363. The highest BCUT2D eigenvalue weighted by Gasteiger charge is 2.19. The molecule has 0 aliphatic rings. The van der Waals surface area contributed by atoms with E-state index in [2.05, 4.69) is 28.0 Å². The molecule has 0 spiro atoms. The van der Waals surface area contributed by atoms with Gasteiger partial charge in [0.1, 0.15) is 5.69 Å². The second-order valence-electron chi connectivity index (χ2n) is 3.30. The van der Waals surface area contributed by atoms with Crippen molar-refractivity contribution in [3.8, 4) is 0 Å². The zero-order valence-electron chi connectivity index (χ0n) is 8.89. The molecular weight excluding hydrogens is 279 g/mol. The molecule has 0 fully saturated rings. The van der Waals surface area contributed by atoms with Crippen LogP contribution in [0.25, 0.3) is 0 Å². The molecule has 5 heteroatoms. The van der Waals surface area contributed by atoms with E-state index in [1.807, 2.05) is 6.92 Å². The van der Waals surface area contributed by atoms with Crippen LogP contribution in [-0.4, -0.2) is 15.0 Å². The Balaban J connectivity index is 3.04. The third-order valence-electron chi connectivity index (χ3n) is 2.21. The summed E-state index contributed by atoms with van der Waals surface area (Å²) in [6, 6.07) is 0. The fourth-order valence-electron chi connectivity index (χ4n) is 1.41. The predicted molar refractivity (Wildman–Crippen MR) is 64.4 cm³/mol. The molecule has 0 radical (unpaired) electrons. The Morgan fingerprint density at radius 1 is 1.53 bits per heavy atom. The second kappa shape index (κ2) is 5.66. The topological polar surface area (TPSA) is 34.9 Å². The van der Waals surface area contributed by atoms with Gasteiger partial charge in [-0.1, -0.05) is 13.3 Å². The zero-order chi connectivity index (χ0) is 11.4. The lowest BCUT2D eigenvalue weighted by molar-refractivity contribution is 0.107. The quantitative estimate of drug-likeness (QED) is 0.780. The third-order valence-corrected chi connectivity index (χ3v) is 3.23. The summed E-state index contributed by atoms with van der Waals surface area (Å²) >= 11 is 8.90. The first-order valence-corrected chi connectivity index (χ1v) is 6.23. The number of aryl methyl sites for hydroxylation is 2. The lowest BCUT2D eigenvalue weighted by Gasteiger charge is -1.98. The molecule has 15 heavy (non-hydrogen) atoms. The van der Waals surface area contributed by atoms with Crippen LogP contribution in [0.1, 0.15) is 42.9 Å². The summed E-state index contributed by atoms with van der Waals surface area (Å²) in [4.78, 5) is 11.2. The van der Waals surface area contributed by atoms with Crippen LogP contribution in [0.2, 0.25) is 0 Å². The number of rotatable bonds is 5. The van der Waals surface area contributed by atoms with Gasteiger partial charge in [-0.25, -0.2) is 0 Å². The summed E-state index contributed by atoms with van der Waals surface area (Å²) in [5.74, 6) is 0. The van der Waals surface area contributed by atoms with Crippen LogP contribution in [0.15, 0.2) is 4.47 Å². The fourth-order valence-corrected chi connectivity index (χ4v) is 2.38. The predicted octanol–water partition coefficient (Wildman–Crippen LogP) is 3.39. The van der Waals surface area contributed by atoms with E-state index < -0.39 is 5.24 Å². The summed E-state index contributed by atoms with van der Waals surface area (Å²) in [5, 5.41) is 3.89. The van der Waals surface area contributed by atoms with E-state index in [1.165, 1.54) is 0 Å². The maximum Gasteiger partial charge on any atom is 0.271 e. The van der Waals surface area contributed by atoms with Crippen molar-refractivity contribution in [2.45, 2.75) is 39.7 Å². The van der Waals surface area contributed by atoms with Crippen molar-refractivity contribution >= 4 is 32.8 Å². The lowest BCUT2D eigenvalue weighted by Crippen LogP contribution is -2.05. The molecule has 0 bridgehead atoms. The molecule has 1 rings (SSSR count). The third kappa shape index (κ3) is 2.82. The molecule has 0 N–H and O–H groups in total. The standard InChI is InChI=1S/C10H14BrClN2O/c1-3-5-6-7-8(11)9(10(12)15)14(4-2)13-7/h3-6H2,1-2H3. The lowest BCUT2D eigenvalue weighted by atomic mass is 10.2. The van der Waals surface area contributed by atoms with Gasteiger partial charge in [-0.3, -0.25) is 9.48 Å². The van der Waals surface area contributed by atoms with Gasteiger partial charge in [0.2, 0.25) is 0 Å².